The van der Waals surface area contributed by atoms with E-state index in [1.807, 2.05) is 0 Å². The summed E-state index contributed by atoms with van der Waals surface area (Å²) in [7, 11) is 1.55. The average Bonchev–Trinajstić information content (AvgIpc) is 2.47. The number of benzene rings is 1. The summed E-state index contributed by atoms with van der Waals surface area (Å²) in [6.07, 6.45) is -1.01. The second-order valence-electron chi connectivity index (χ2n) is 4.20. The van der Waals surface area contributed by atoms with Gasteiger partial charge in [0.15, 0.2) is 22.8 Å². The highest BCUT2D eigenvalue weighted by atomic mass is 32.1. The fourth-order valence-corrected chi connectivity index (χ4v) is 1.50. The fraction of sp³-hybridized carbons (Fsp3) is 0.385. The van der Waals surface area contributed by atoms with Gasteiger partial charge in [-0.1, -0.05) is 0 Å². The Hall–Kier alpha value is -2.00. The lowest BCUT2D eigenvalue weighted by Crippen LogP contribution is -2.50. The largest absolute Gasteiger partial charge is 0.478 e. The van der Waals surface area contributed by atoms with E-state index < -0.39 is 23.6 Å². The molecule has 9 heteroatoms. The topological polar surface area (TPSA) is 71.6 Å². The molecule has 0 aliphatic rings. The Morgan fingerprint density at radius 1 is 1.36 bits per heavy atom. The molecule has 1 rings (SSSR count). The lowest BCUT2D eigenvalue weighted by atomic mass is 10.3. The molecule has 0 aliphatic heterocycles. The lowest BCUT2D eigenvalue weighted by molar-refractivity contribution is -0.127. The number of ether oxygens (including phenoxy) is 2. The highest BCUT2D eigenvalue weighted by Gasteiger charge is 2.17. The zero-order valence-electron chi connectivity index (χ0n) is 12.1. The molecule has 0 radical (unpaired) electrons. The van der Waals surface area contributed by atoms with Crippen LogP contribution in [0.5, 0.6) is 5.75 Å². The molecule has 122 valence electrons. The van der Waals surface area contributed by atoms with Crippen LogP contribution in [0.25, 0.3) is 0 Å². The van der Waals surface area contributed by atoms with Gasteiger partial charge in [-0.05, 0) is 31.3 Å². The molecule has 22 heavy (non-hydrogen) atoms. The second kappa shape index (κ2) is 9.11. The lowest BCUT2D eigenvalue weighted by Gasteiger charge is -2.16. The molecule has 1 unspecified atom stereocenters. The molecule has 1 amide bonds. The molecule has 1 atom stereocenters. The summed E-state index contributed by atoms with van der Waals surface area (Å²) in [6.45, 7) is 2.35. The number of halogens is 2. The van der Waals surface area contributed by atoms with Crippen molar-refractivity contribution in [2.75, 3.05) is 20.3 Å². The number of carbonyl (C=O) groups is 1. The van der Waals surface area contributed by atoms with Gasteiger partial charge in [0.25, 0.3) is 5.91 Å². The van der Waals surface area contributed by atoms with Crippen molar-refractivity contribution in [1.82, 2.24) is 16.2 Å². The number of hydrogen-bond donors (Lipinski definition) is 3. The predicted molar refractivity (Wildman–Crippen MR) is 80.2 cm³/mol. The zero-order valence-corrected chi connectivity index (χ0v) is 12.9. The van der Waals surface area contributed by atoms with Gasteiger partial charge in [0.05, 0.1) is 6.61 Å². The van der Waals surface area contributed by atoms with E-state index in [0.717, 1.165) is 12.1 Å². The molecule has 0 fully saturated rings. The number of rotatable bonds is 6. The van der Waals surface area contributed by atoms with Gasteiger partial charge < -0.3 is 14.8 Å². The van der Waals surface area contributed by atoms with Crippen molar-refractivity contribution in [3.05, 3.63) is 29.8 Å². The first-order valence-corrected chi connectivity index (χ1v) is 6.79. The highest BCUT2D eigenvalue weighted by molar-refractivity contribution is 7.80. The van der Waals surface area contributed by atoms with Gasteiger partial charge in [-0.25, -0.2) is 8.78 Å². The summed E-state index contributed by atoms with van der Waals surface area (Å²) in [5, 5.41) is 2.98. The van der Waals surface area contributed by atoms with Crippen LogP contribution in [0.15, 0.2) is 18.2 Å². The van der Waals surface area contributed by atoms with E-state index in [-0.39, 0.29) is 10.9 Å². The molecular formula is C13H17F2N3O3S. The molecule has 0 bridgehead atoms. The highest BCUT2D eigenvalue weighted by Crippen LogP contribution is 2.18. The SMILES string of the molecule is COCCNC(=S)NNC(=O)C(C)Oc1ccc(F)cc1F. The minimum atomic E-state index is -1.01. The van der Waals surface area contributed by atoms with E-state index in [2.05, 4.69) is 16.2 Å². The molecule has 0 spiro atoms. The van der Waals surface area contributed by atoms with Gasteiger partial charge in [0, 0.05) is 19.7 Å². The number of nitrogens with one attached hydrogen (secondary N) is 3. The molecule has 0 heterocycles. The van der Waals surface area contributed by atoms with Crippen LogP contribution in [0.1, 0.15) is 6.92 Å². The maximum atomic E-state index is 13.4. The molecule has 3 N–H and O–H groups in total. The van der Waals surface area contributed by atoms with E-state index in [9.17, 15) is 13.6 Å². The van der Waals surface area contributed by atoms with Crippen LogP contribution < -0.4 is 20.9 Å². The van der Waals surface area contributed by atoms with Crippen LogP contribution in [0.2, 0.25) is 0 Å². The number of thiocarbonyl (C=S) groups is 1. The van der Waals surface area contributed by atoms with E-state index in [0.29, 0.717) is 19.2 Å². The first-order chi connectivity index (χ1) is 10.4. The molecule has 0 saturated carbocycles. The number of hydrazine groups is 1. The van der Waals surface area contributed by atoms with Crippen LogP contribution in [-0.4, -0.2) is 37.4 Å². The summed E-state index contributed by atoms with van der Waals surface area (Å²) in [5.41, 5.74) is 4.77. The Labute approximate surface area is 132 Å². The van der Waals surface area contributed by atoms with Crippen LogP contribution in [0, 0.1) is 11.6 Å². The Balaban J connectivity index is 2.40. The van der Waals surface area contributed by atoms with Gasteiger partial charge in [-0.15, -0.1) is 0 Å². The average molecular weight is 333 g/mol. The van der Waals surface area contributed by atoms with Crippen LogP contribution in [-0.2, 0) is 9.53 Å². The Morgan fingerprint density at radius 2 is 2.09 bits per heavy atom. The normalized spacial score (nSPS) is 11.5. The quantitative estimate of drug-likeness (QED) is 0.408. The first-order valence-electron chi connectivity index (χ1n) is 6.38. The van der Waals surface area contributed by atoms with Crippen molar-refractivity contribution in [2.24, 2.45) is 0 Å². The van der Waals surface area contributed by atoms with Crippen molar-refractivity contribution < 1.29 is 23.0 Å². The Morgan fingerprint density at radius 3 is 2.73 bits per heavy atom. The third-order valence-electron chi connectivity index (χ3n) is 2.46. The van der Waals surface area contributed by atoms with E-state index in [1.165, 1.54) is 6.92 Å². The molecule has 1 aromatic rings. The number of carbonyl (C=O) groups excluding carboxylic acids is 1. The van der Waals surface area contributed by atoms with Crippen molar-refractivity contribution in [2.45, 2.75) is 13.0 Å². The van der Waals surface area contributed by atoms with Gasteiger partial charge in [-0.3, -0.25) is 15.6 Å². The molecule has 0 aliphatic carbocycles. The monoisotopic (exact) mass is 333 g/mol. The Bertz CT molecular complexity index is 531. The van der Waals surface area contributed by atoms with Crippen LogP contribution in [0.3, 0.4) is 0 Å². The predicted octanol–water partition coefficient (Wildman–Crippen LogP) is 0.874. The van der Waals surface area contributed by atoms with Crippen molar-refractivity contribution in [3.8, 4) is 5.75 Å². The maximum Gasteiger partial charge on any atom is 0.279 e. The fourth-order valence-electron chi connectivity index (χ4n) is 1.35. The molecule has 0 aromatic heterocycles. The molecule has 6 nitrogen and oxygen atoms in total. The van der Waals surface area contributed by atoms with Gasteiger partial charge in [0.2, 0.25) is 0 Å². The van der Waals surface area contributed by atoms with Crippen LogP contribution >= 0.6 is 12.2 Å². The van der Waals surface area contributed by atoms with Crippen molar-refractivity contribution in [1.29, 1.82) is 0 Å². The zero-order chi connectivity index (χ0) is 16.5. The van der Waals surface area contributed by atoms with Crippen molar-refractivity contribution >= 4 is 23.2 Å². The number of hydrogen-bond acceptors (Lipinski definition) is 4. The van der Waals surface area contributed by atoms with E-state index in [4.69, 9.17) is 21.7 Å². The van der Waals surface area contributed by atoms with E-state index >= 15 is 0 Å². The summed E-state index contributed by atoms with van der Waals surface area (Å²) < 4.78 is 36.1. The minimum Gasteiger partial charge on any atom is -0.478 e. The molecule has 0 saturated heterocycles. The number of amides is 1. The Kier molecular flexibility index (Phi) is 7.47. The third-order valence-corrected chi connectivity index (χ3v) is 2.70. The first kappa shape index (κ1) is 18.1. The van der Waals surface area contributed by atoms with Crippen LogP contribution in [0.4, 0.5) is 8.78 Å². The van der Waals surface area contributed by atoms with Crippen molar-refractivity contribution in [3.63, 3.8) is 0 Å². The van der Waals surface area contributed by atoms with Gasteiger partial charge in [0.1, 0.15) is 5.82 Å². The summed E-state index contributed by atoms with van der Waals surface area (Å²) in [6, 6.07) is 2.82. The summed E-state index contributed by atoms with van der Waals surface area (Å²) >= 11 is 4.90. The van der Waals surface area contributed by atoms with E-state index in [1.54, 1.807) is 7.11 Å². The maximum absolute atomic E-state index is 13.4. The third kappa shape index (κ3) is 6.19. The summed E-state index contributed by atoms with van der Waals surface area (Å²) in [5.74, 6) is -2.40. The summed E-state index contributed by atoms with van der Waals surface area (Å²) in [4.78, 5) is 11.8. The van der Waals surface area contributed by atoms with Gasteiger partial charge >= 0.3 is 0 Å². The standard InChI is InChI=1S/C13H17F2N3O3S/c1-8(21-11-4-3-9(14)7-10(11)15)12(19)17-18-13(22)16-5-6-20-2/h3-4,7-8H,5-6H2,1-2H3,(H,17,19)(H2,16,18,22). The second-order valence-corrected chi connectivity index (χ2v) is 4.61. The molecular weight excluding hydrogens is 316 g/mol. The smallest absolute Gasteiger partial charge is 0.279 e. The van der Waals surface area contributed by atoms with Gasteiger partial charge in [-0.2, -0.15) is 0 Å². The minimum absolute atomic E-state index is 0.200. The number of methoxy groups -OCH3 is 1. The molecule has 1 aromatic carbocycles.